The van der Waals surface area contributed by atoms with Gasteiger partial charge in [-0.1, -0.05) is 67.9 Å². The molecule has 2 aromatic carbocycles. The van der Waals surface area contributed by atoms with Gasteiger partial charge in [0.25, 0.3) is 0 Å². The third-order valence-corrected chi connectivity index (χ3v) is 5.63. The van der Waals surface area contributed by atoms with Gasteiger partial charge < -0.3 is 10.2 Å². The SMILES string of the molecule is CC1(C)c2ccccc2N2CC(=O)NC21C=Cc1ccccc1Cl. The van der Waals surface area contributed by atoms with Gasteiger partial charge in [0.2, 0.25) is 5.91 Å². The number of para-hydroxylation sites is 1. The first kappa shape index (κ1) is 15.3. The minimum Gasteiger partial charge on any atom is -0.335 e. The molecule has 3 nitrogen and oxygen atoms in total. The molecule has 24 heavy (non-hydrogen) atoms. The normalized spacial score (nSPS) is 24.1. The summed E-state index contributed by atoms with van der Waals surface area (Å²) in [5.74, 6) is 0.0430. The quantitative estimate of drug-likeness (QED) is 0.898. The molecule has 0 bridgehead atoms. The van der Waals surface area contributed by atoms with Gasteiger partial charge in [-0.25, -0.2) is 0 Å². The van der Waals surface area contributed by atoms with Crippen molar-refractivity contribution in [1.82, 2.24) is 5.32 Å². The Kier molecular flexibility index (Phi) is 3.26. The van der Waals surface area contributed by atoms with Gasteiger partial charge in [-0.3, -0.25) is 4.79 Å². The molecule has 2 heterocycles. The minimum absolute atomic E-state index is 0.0430. The zero-order chi connectivity index (χ0) is 16.9. The monoisotopic (exact) mass is 338 g/mol. The van der Waals surface area contributed by atoms with Gasteiger partial charge in [-0.05, 0) is 29.3 Å². The maximum absolute atomic E-state index is 12.2. The van der Waals surface area contributed by atoms with Crippen LogP contribution in [0.25, 0.3) is 6.08 Å². The zero-order valence-electron chi connectivity index (χ0n) is 13.7. The van der Waals surface area contributed by atoms with Crippen molar-refractivity contribution in [2.24, 2.45) is 0 Å². The Morgan fingerprint density at radius 1 is 1.12 bits per heavy atom. The van der Waals surface area contributed by atoms with Crippen molar-refractivity contribution in [3.8, 4) is 0 Å². The highest BCUT2D eigenvalue weighted by Crippen LogP contribution is 2.52. The lowest BCUT2D eigenvalue weighted by Crippen LogP contribution is -2.58. The summed E-state index contributed by atoms with van der Waals surface area (Å²) in [5, 5.41) is 3.92. The van der Waals surface area contributed by atoms with Crippen LogP contribution in [0.15, 0.2) is 54.6 Å². The predicted octanol–water partition coefficient (Wildman–Crippen LogP) is 3.98. The molecule has 0 radical (unpaired) electrons. The number of nitrogens with one attached hydrogen (secondary N) is 1. The first-order valence-electron chi connectivity index (χ1n) is 8.08. The van der Waals surface area contributed by atoms with Gasteiger partial charge in [-0.15, -0.1) is 0 Å². The van der Waals surface area contributed by atoms with Gasteiger partial charge in [0.1, 0.15) is 5.66 Å². The molecule has 1 amide bonds. The van der Waals surface area contributed by atoms with Crippen LogP contribution < -0.4 is 10.2 Å². The lowest BCUT2D eigenvalue weighted by molar-refractivity contribution is -0.118. The standard InChI is InChI=1S/C20H19ClN2O/c1-19(2)15-8-4-6-10-17(15)23-13-18(24)22-20(19,23)12-11-14-7-3-5-9-16(14)21/h3-12H,13H2,1-2H3,(H,22,24). The molecule has 0 aromatic heterocycles. The lowest BCUT2D eigenvalue weighted by Gasteiger charge is -2.40. The second-order valence-corrected chi connectivity index (χ2v) is 7.30. The molecular formula is C20H19ClN2O. The number of carbonyl (C=O) groups excluding carboxylic acids is 1. The second kappa shape index (κ2) is 5.12. The zero-order valence-corrected chi connectivity index (χ0v) is 14.5. The van der Waals surface area contributed by atoms with E-state index < -0.39 is 5.66 Å². The summed E-state index contributed by atoms with van der Waals surface area (Å²) < 4.78 is 0. The van der Waals surface area contributed by atoms with Crippen LogP contribution in [0.5, 0.6) is 0 Å². The van der Waals surface area contributed by atoms with Gasteiger partial charge in [0, 0.05) is 16.1 Å². The number of halogens is 1. The van der Waals surface area contributed by atoms with E-state index in [0.717, 1.165) is 11.3 Å². The second-order valence-electron chi connectivity index (χ2n) is 6.90. The van der Waals surface area contributed by atoms with Crippen molar-refractivity contribution in [3.05, 3.63) is 70.8 Å². The first-order chi connectivity index (χ1) is 11.5. The average molecular weight is 339 g/mol. The lowest BCUT2D eigenvalue weighted by atomic mass is 9.75. The molecular weight excluding hydrogens is 320 g/mol. The number of rotatable bonds is 2. The number of hydrogen-bond donors (Lipinski definition) is 1. The Morgan fingerprint density at radius 3 is 2.62 bits per heavy atom. The summed E-state index contributed by atoms with van der Waals surface area (Å²) in [7, 11) is 0. The highest BCUT2D eigenvalue weighted by atomic mass is 35.5. The Bertz CT molecular complexity index is 858. The molecule has 0 saturated carbocycles. The molecule has 1 unspecified atom stereocenters. The van der Waals surface area contributed by atoms with Crippen LogP contribution >= 0.6 is 11.6 Å². The molecule has 1 atom stereocenters. The third-order valence-electron chi connectivity index (χ3n) is 5.29. The number of benzene rings is 2. The summed E-state index contributed by atoms with van der Waals surface area (Å²) in [4.78, 5) is 14.4. The highest BCUT2D eigenvalue weighted by molar-refractivity contribution is 6.32. The minimum atomic E-state index is -0.576. The van der Waals surface area contributed by atoms with Crippen LogP contribution in [0.3, 0.4) is 0 Å². The summed E-state index contributed by atoms with van der Waals surface area (Å²) in [5.41, 5.74) is 2.47. The predicted molar refractivity (Wildman–Crippen MR) is 98.2 cm³/mol. The summed E-state index contributed by atoms with van der Waals surface area (Å²) in [6, 6.07) is 16.0. The molecule has 122 valence electrons. The van der Waals surface area contributed by atoms with Gasteiger partial charge >= 0.3 is 0 Å². The smallest absolute Gasteiger partial charge is 0.241 e. The topological polar surface area (TPSA) is 32.3 Å². The average Bonchev–Trinajstić information content (AvgIpc) is 2.99. The molecule has 2 aliphatic heterocycles. The van der Waals surface area contributed by atoms with E-state index >= 15 is 0 Å². The van der Waals surface area contributed by atoms with Crippen LogP contribution in [-0.2, 0) is 10.2 Å². The third kappa shape index (κ3) is 1.94. The van der Waals surface area contributed by atoms with E-state index in [1.165, 1.54) is 5.56 Å². The Morgan fingerprint density at radius 2 is 1.83 bits per heavy atom. The number of nitrogens with zero attached hydrogens (tertiary/aromatic N) is 1. The van der Waals surface area contributed by atoms with E-state index in [-0.39, 0.29) is 11.3 Å². The van der Waals surface area contributed by atoms with Crippen molar-refractivity contribution in [3.63, 3.8) is 0 Å². The van der Waals surface area contributed by atoms with E-state index in [2.05, 4.69) is 48.3 Å². The number of anilines is 1. The van der Waals surface area contributed by atoms with Gasteiger partial charge in [0.05, 0.1) is 6.54 Å². The Labute approximate surface area is 146 Å². The summed E-state index contributed by atoms with van der Waals surface area (Å²) >= 11 is 6.29. The molecule has 4 rings (SSSR count). The molecule has 1 fully saturated rings. The molecule has 0 spiro atoms. The fourth-order valence-corrected chi connectivity index (χ4v) is 4.16. The molecule has 2 aliphatic rings. The molecule has 0 aliphatic carbocycles. The van der Waals surface area contributed by atoms with Gasteiger partial charge in [0.15, 0.2) is 0 Å². The maximum Gasteiger partial charge on any atom is 0.241 e. The van der Waals surface area contributed by atoms with Crippen LogP contribution in [-0.4, -0.2) is 18.1 Å². The molecule has 2 aromatic rings. The number of hydrogen-bond acceptors (Lipinski definition) is 2. The Balaban J connectivity index is 1.86. The largest absolute Gasteiger partial charge is 0.335 e. The van der Waals surface area contributed by atoms with E-state index in [0.29, 0.717) is 11.6 Å². The number of fused-ring (bicyclic) bond motifs is 3. The summed E-state index contributed by atoms with van der Waals surface area (Å²) in [6.07, 6.45) is 4.09. The number of amides is 1. The summed E-state index contributed by atoms with van der Waals surface area (Å²) in [6.45, 7) is 4.72. The molecule has 4 heteroatoms. The first-order valence-corrected chi connectivity index (χ1v) is 8.45. The van der Waals surface area contributed by atoms with Crippen LogP contribution in [0.4, 0.5) is 5.69 Å². The van der Waals surface area contributed by atoms with Crippen molar-refractivity contribution in [2.75, 3.05) is 11.4 Å². The van der Waals surface area contributed by atoms with Crippen molar-refractivity contribution >= 4 is 29.3 Å². The van der Waals surface area contributed by atoms with E-state index in [1.807, 2.05) is 36.4 Å². The van der Waals surface area contributed by atoms with Gasteiger partial charge in [-0.2, -0.15) is 0 Å². The Hall–Kier alpha value is -2.26. The fourth-order valence-electron chi connectivity index (χ4n) is 3.96. The molecule has 1 N–H and O–H groups in total. The maximum atomic E-state index is 12.2. The van der Waals surface area contributed by atoms with Crippen molar-refractivity contribution < 1.29 is 4.79 Å². The fraction of sp³-hybridized carbons (Fsp3) is 0.250. The van der Waals surface area contributed by atoms with E-state index in [4.69, 9.17) is 11.6 Å². The highest BCUT2D eigenvalue weighted by Gasteiger charge is 2.59. The molecule has 1 saturated heterocycles. The van der Waals surface area contributed by atoms with Crippen LogP contribution in [0.1, 0.15) is 25.0 Å². The van der Waals surface area contributed by atoms with Crippen molar-refractivity contribution in [1.29, 1.82) is 0 Å². The van der Waals surface area contributed by atoms with E-state index in [9.17, 15) is 4.79 Å². The van der Waals surface area contributed by atoms with Crippen LogP contribution in [0, 0.1) is 0 Å². The number of carbonyl (C=O) groups is 1. The van der Waals surface area contributed by atoms with Crippen molar-refractivity contribution in [2.45, 2.75) is 24.9 Å². The van der Waals surface area contributed by atoms with Crippen LogP contribution in [0.2, 0.25) is 5.02 Å². The van der Waals surface area contributed by atoms with E-state index in [1.54, 1.807) is 0 Å².